The van der Waals surface area contributed by atoms with E-state index in [4.69, 9.17) is 31.0 Å². The first kappa shape index (κ1) is 29.5. The molecular formula is C36H39ClN6O3. The van der Waals surface area contributed by atoms with Crippen LogP contribution in [0.3, 0.4) is 0 Å². The molecule has 1 amide bonds. The standard InChI is InChI=1S/C36H39ClN6O3/c1-3-31(44)43-15-14-42(19-22(43)11-12-38)35-29-18-30(37)32(26-8-4-7-25-27-16-21(27)17-28(25)26)34(46-24-9-10-24)33(29)39-36(40-35)45-20-23-6-5-13-41(23)2/h3-4,7-8,18,21-24,27H,1,5-6,9-11,13-17,19-20H2,2H3/t21-,22+,23+,27-/m1/s1. The fourth-order valence-electron chi connectivity index (χ4n) is 7.82. The molecule has 3 aliphatic carbocycles. The summed E-state index contributed by atoms with van der Waals surface area (Å²) in [6.45, 7) is 6.64. The van der Waals surface area contributed by atoms with Gasteiger partial charge in [0.25, 0.3) is 0 Å². The Kier molecular flexibility index (Phi) is 7.53. The molecule has 9 nitrogen and oxygen atoms in total. The van der Waals surface area contributed by atoms with Gasteiger partial charge in [0.05, 0.1) is 29.7 Å². The van der Waals surface area contributed by atoms with Crippen molar-refractivity contribution < 1.29 is 14.3 Å². The number of fused-ring (bicyclic) bond motifs is 4. The Morgan fingerprint density at radius 2 is 2.07 bits per heavy atom. The molecule has 0 spiro atoms. The highest BCUT2D eigenvalue weighted by molar-refractivity contribution is 6.35. The monoisotopic (exact) mass is 638 g/mol. The molecule has 2 saturated heterocycles. The van der Waals surface area contributed by atoms with Crippen LogP contribution in [0.4, 0.5) is 5.82 Å². The fourth-order valence-corrected chi connectivity index (χ4v) is 8.12. The van der Waals surface area contributed by atoms with E-state index in [9.17, 15) is 10.1 Å². The number of halogens is 1. The highest BCUT2D eigenvalue weighted by atomic mass is 35.5. The van der Waals surface area contributed by atoms with E-state index in [1.165, 1.54) is 23.6 Å². The van der Waals surface area contributed by atoms with Crippen molar-refractivity contribution in [2.45, 2.75) is 69.1 Å². The Bertz CT molecular complexity index is 1770. The highest BCUT2D eigenvalue weighted by Gasteiger charge is 2.46. The van der Waals surface area contributed by atoms with Gasteiger partial charge in [-0.25, -0.2) is 0 Å². The van der Waals surface area contributed by atoms with Crippen molar-refractivity contribution in [1.29, 1.82) is 5.26 Å². The van der Waals surface area contributed by atoms with E-state index in [1.807, 2.05) is 6.07 Å². The molecule has 4 atom stereocenters. The zero-order chi connectivity index (χ0) is 31.5. The maximum Gasteiger partial charge on any atom is 0.319 e. The van der Waals surface area contributed by atoms with E-state index in [1.54, 1.807) is 4.90 Å². The normalized spacial score (nSPS) is 25.2. The second-order valence-corrected chi connectivity index (χ2v) is 14.0. The van der Waals surface area contributed by atoms with Crippen LogP contribution in [0.5, 0.6) is 11.8 Å². The van der Waals surface area contributed by atoms with Crippen molar-refractivity contribution in [1.82, 2.24) is 19.8 Å². The Labute approximate surface area is 274 Å². The molecule has 0 N–H and O–H groups in total. The molecule has 2 aliphatic heterocycles. The highest BCUT2D eigenvalue weighted by Crippen LogP contribution is 2.59. The minimum Gasteiger partial charge on any atom is -0.487 e. The van der Waals surface area contributed by atoms with Crippen molar-refractivity contribution in [2.75, 3.05) is 44.7 Å². The maximum atomic E-state index is 12.7. The first-order valence-electron chi connectivity index (χ1n) is 16.6. The molecule has 4 fully saturated rings. The van der Waals surface area contributed by atoms with Crippen LogP contribution in [0, 0.1) is 17.2 Å². The summed E-state index contributed by atoms with van der Waals surface area (Å²) in [5.41, 5.74) is 5.54. The van der Waals surface area contributed by atoms with E-state index in [2.05, 4.69) is 47.7 Å². The molecule has 238 valence electrons. The second kappa shape index (κ2) is 11.7. The van der Waals surface area contributed by atoms with Crippen molar-refractivity contribution in [3.63, 3.8) is 0 Å². The number of hydrogen-bond donors (Lipinski definition) is 0. The summed E-state index contributed by atoms with van der Waals surface area (Å²) in [5.74, 6) is 2.61. The molecule has 1 aromatic heterocycles. The molecule has 3 aromatic rings. The summed E-state index contributed by atoms with van der Waals surface area (Å²) >= 11 is 7.27. The number of hydrogen-bond acceptors (Lipinski definition) is 8. The second-order valence-electron chi connectivity index (χ2n) is 13.6. The van der Waals surface area contributed by atoms with Crippen molar-refractivity contribution in [3.05, 3.63) is 53.1 Å². The van der Waals surface area contributed by atoms with E-state index >= 15 is 0 Å². The molecule has 46 heavy (non-hydrogen) atoms. The molecule has 2 saturated carbocycles. The lowest BCUT2D eigenvalue weighted by molar-refractivity contribution is -0.128. The average Bonchev–Trinajstić information content (AvgIpc) is 3.97. The van der Waals surface area contributed by atoms with Gasteiger partial charge < -0.3 is 24.2 Å². The van der Waals surface area contributed by atoms with Gasteiger partial charge in [-0.3, -0.25) is 4.79 Å². The largest absolute Gasteiger partial charge is 0.487 e. The summed E-state index contributed by atoms with van der Waals surface area (Å²) < 4.78 is 13.1. The van der Waals surface area contributed by atoms with Crippen molar-refractivity contribution in [2.24, 2.45) is 5.92 Å². The molecule has 2 aromatic carbocycles. The lowest BCUT2D eigenvalue weighted by atomic mass is 9.93. The number of rotatable bonds is 9. The van der Waals surface area contributed by atoms with Gasteiger partial charge in [-0.2, -0.15) is 15.2 Å². The average molecular weight is 639 g/mol. The smallest absolute Gasteiger partial charge is 0.319 e. The number of ether oxygens (including phenoxy) is 2. The quantitative estimate of drug-likeness (QED) is 0.274. The number of nitrogens with zero attached hydrogens (tertiary/aromatic N) is 6. The number of nitriles is 1. The first-order chi connectivity index (χ1) is 22.4. The van der Waals surface area contributed by atoms with E-state index < -0.39 is 0 Å². The number of aromatic nitrogens is 2. The number of carbonyl (C=O) groups excluding carboxylic acids is 1. The van der Waals surface area contributed by atoms with Gasteiger partial charge in [0.1, 0.15) is 17.9 Å². The van der Waals surface area contributed by atoms with E-state index in [-0.39, 0.29) is 24.5 Å². The summed E-state index contributed by atoms with van der Waals surface area (Å²) in [7, 11) is 2.13. The number of anilines is 1. The summed E-state index contributed by atoms with van der Waals surface area (Å²) in [5, 5.41) is 11.0. The van der Waals surface area contributed by atoms with Crippen molar-refractivity contribution in [3.8, 4) is 29.0 Å². The van der Waals surface area contributed by atoms with Crippen LogP contribution in [0.1, 0.15) is 55.6 Å². The summed E-state index contributed by atoms with van der Waals surface area (Å²) in [4.78, 5) is 28.9. The SMILES string of the molecule is C=CC(=O)N1CCN(c2nc(OC[C@@H]3CCCN3C)nc3c(OC4CC4)c(-c4cccc5c4C[C@H]4C[C@@H]54)c(Cl)cc23)C[C@@H]1CC#N. The van der Waals surface area contributed by atoms with Crippen LogP contribution in [-0.2, 0) is 11.2 Å². The Morgan fingerprint density at radius 1 is 1.20 bits per heavy atom. The molecule has 8 rings (SSSR count). The lowest BCUT2D eigenvalue weighted by Crippen LogP contribution is -2.55. The zero-order valence-corrected chi connectivity index (χ0v) is 27.0. The van der Waals surface area contributed by atoms with Crippen LogP contribution >= 0.6 is 11.6 Å². The Hall–Kier alpha value is -3.87. The number of amides is 1. The molecule has 0 radical (unpaired) electrons. The van der Waals surface area contributed by atoms with Crippen LogP contribution in [-0.4, -0.2) is 83.7 Å². The third-order valence-corrected chi connectivity index (χ3v) is 10.9. The van der Waals surface area contributed by atoms with E-state index in [0.29, 0.717) is 66.3 Å². The fraction of sp³-hybridized carbons (Fsp3) is 0.500. The predicted octanol–water partition coefficient (Wildman–Crippen LogP) is 5.74. The van der Waals surface area contributed by atoms with Gasteiger partial charge in [-0.05, 0) is 92.8 Å². The molecule has 0 bridgehead atoms. The minimum absolute atomic E-state index is 0.119. The molecule has 5 aliphatic rings. The van der Waals surface area contributed by atoms with Crippen LogP contribution in [0.25, 0.3) is 22.0 Å². The van der Waals surface area contributed by atoms with Crippen molar-refractivity contribution >= 4 is 34.2 Å². The number of carbonyl (C=O) groups is 1. The molecular weight excluding hydrogens is 600 g/mol. The van der Waals surface area contributed by atoms with E-state index in [0.717, 1.165) is 61.1 Å². The summed E-state index contributed by atoms with van der Waals surface area (Å²) in [6.07, 6.45) is 8.20. The Morgan fingerprint density at radius 3 is 2.83 bits per heavy atom. The van der Waals surface area contributed by atoms with Gasteiger partial charge in [0.15, 0.2) is 5.75 Å². The van der Waals surface area contributed by atoms with Gasteiger partial charge in [-0.1, -0.05) is 36.4 Å². The topological polar surface area (TPSA) is 94.8 Å². The third-order valence-electron chi connectivity index (χ3n) is 10.6. The van der Waals surface area contributed by atoms with Gasteiger partial charge >= 0.3 is 6.01 Å². The Balaban J connectivity index is 1.27. The van der Waals surface area contributed by atoms with Gasteiger partial charge in [0, 0.05) is 36.6 Å². The first-order valence-corrected chi connectivity index (χ1v) is 17.0. The number of likely N-dealkylation sites (tertiary alicyclic amines) is 1. The number of likely N-dealkylation sites (N-methyl/N-ethyl adjacent to an activating group) is 1. The molecule has 0 unspecified atom stereocenters. The summed E-state index contributed by atoms with van der Waals surface area (Å²) in [6, 6.07) is 11.1. The number of benzene rings is 2. The molecule has 3 heterocycles. The molecule has 10 heteroatoms. The lowest BCUT2D eigenvalue weighted by Gasteiger charge is -2.41. The predicted molar refractivity (Wildman–Crippen MR) is 177 cm³/mol. The third kappa shape index (κ3) is 5.26. The van der Waals surface area contributed by atoms with Gasteiger partial charge in [0.2, 0.25) is 5.91 Å². The van der Waals surface area contributed by atoms with Crippen LogP contribution in [0.15, 0.2) is 36.9 Å². The number of piperazine rings is 1. The zero-order valence-electron chi connectivity index (χ0n) is 26.3. The van der Waals surface area contributed by atoms with Crippen LogP contribution < -0.4 is 14.4 Å². The van der Waals surface area contributed by atoms with Crippen LogP contribution in [0.2, 0.25) is 5.02 Å². The maximum absolute atomic E-state index is 12.7. The minimum atomic E-state index is -0.305. The van der Waals surface area contributed by atoms with Gasteiger partial charge in [-0.15, -0.1) is 0 Å².